The molecule has 8 amide bonds. The number of amides is 8. The van der Waals surface area contributed by atoms with E-state index in [1.165, 1.54) is 36.4 Å². The standard InChI is InChI=1S/C30H42N2O12.C24H40O10S.C13H10N2O5.CH3F.CH2O3.2K.H/c1-30(2,3)44-25(34)9-10-38-11-12-39-13-14-40-15-16-41-17-18-42-19-20-43-23-6-4-5-21-26(23)29(37)32(28(21)36)22-7-8-24(33)31-27(22)35;1-21-5-7-22(8-6-21)35(26,27)33-20-19-32-18-17-31-16-15-30-14-13-29-12-11-28-10-9-23(25)34-24(2,3)4;16-8-3-1-2-6-10(8)13(20)15(12(6)19)7-4-5-9(17)14-11(7)18;1-2;2-1-4-3;;;/h4-6,22H,7-20H2,1-3H3,(H,31,33,35);5-8H,9-20H2,1-4H3;1-3,7,16H,4-5H2,(H,14,17,18);1H3;1,3H;;;/q;;;;;2*+1;-1/p-1/i;;;1D;;;;. The second kappa shape index (κ2) is 55.3. The van der Waals surface area contributed by atoms with E-state index in [9.17, 15) is 65.9 Å². The van der Waals surface area contributed by atoms with Crippen molar-refractivity contribution in [3.05, 3.63) is 88.5 Å². The SMILES string of the molecule is CC(C)(C)OC(=O)CCOCCOCCOCCOCCOCCOc1cccc2c1C(=O)N(C1CCC(=O)NC1=O)C2=O.Cc1ccc(S(=O)(=O)OCCOCCOCCOCCOCCOCCC(=O)OC(C)(C)C)cc1.O=C1CCC(N2C(=O)c3cccc(O)c3C2=O)C(=O)N1.O=CO[O-].[2H]CF.[H-].[K+].[K+]. The minimum atomic E-state index is -3.77. The normalized spacial score (nSPS) is 15.3. The van der Waals surface area contributed by atoms with Crippen molar-refractivity contribution >= 4 is 75.8 Å². The molecule has 2 saturated heterocycles. The molecule has 3 aromatic carbocycles. The molecule has 3 N–H and O–H groups in total. The van der Waals surface area contributed by atoms with Gasteiger partial charge in [0.25, 0.3) is 40.2 Å². The summed E-state index contributed by atoms with van der Waals surface area (Å²) in [6.45, 7) is 20.0. The van der Waals surface area contributed by atoms with Crippen molar-refractivity contribution in [1.29, 1.82) is 0 Å². The number of nitrogens with zero attached hydrogens (tertiary/aromatic N) is 2. The number of halogens is 1. The number of piperidine rings is 2. The quantitative estimate of drug-likeness (QED) is 0.00732. The van der Waals surface area contributed by atoms with Crippen molar-refractivity contribution in [2.75, 3.05) is 153 Å². The zero-order chi connectivity index (χ0) is 78.5. The first-order chi connectivity index (χ1) is 50.5. The smallest absolute Gasteiger partial charge is 1.00 e. The zero-order valence-corrected chi connectivity index (χ0v) is 69.0. The number of imide groups is 4. The van der Waals surface area contributed by atoms with Crippen molar-refractivity contribution in [1.82, 2.24) is 20.4 Å². The third kappa shape index (κ3) is 39.1. The van der Waals surface area contributed by atoms with Crippen molar-refractivity contribution in [3.63, 3.8) is 0 Å². The Labute approximate surface area is 709 Å². The van der Waals surface area contributed by atoms with Gasteiger partial charge in [-0.3, -0.25) is 81.7 Å². The van der Waals surface area contributed by atoms with Crippen LogP contribution in [-0.2, 0) is 110 Å². The molecule has 0 aliphatic carbocycles. The Balaban J connectivity index is 0.00000159. The van der Waals surface area contributed by atoms with Crippen molar-refractivity contribution < 1.29 is 252 Å². The number of phenolic OH excluding ortho intramolecular Hbond substituents is 1. The van der Waals surface area contributed by atoms with Crippen LogP contribution in [0.1, 0.15) is 130 Å². The number of phenols is 1. The first-order valence-corrected chi connectivity index (χ1v) is 34.7. The van der Waals surface area contributed by atoms with E-state index in [0.717, 1.165) is 15.4 Å². The average Bonchev–Trinajstić information content (AvgIpc) is 1.61. The Hall–Kier alpha value is -5.10. The number of hydrogen-bond acceptors (Lipinski definition) is 30. The summed E-state index contributed by atoms with van der Waals surface area (Å²) in [7, 11) is -4.77. The molecule has 4 aliphatic rings. The molecule has 3 aromatic rings. The Morgan fingerprint density at radius 1 is 0.542 bits per heavy atom. The number of carbonyl (C=O) groups is 11. The predicted octanol–water partition coefficient (Wildman–Crippen LogP) is -3.27. The summed E-state index contributed by atoms with van der Waals surface area (Å²) in [6.07, 6.45) is 0.712. The fourth-order valence-electron chi connectivity index (χ4n) is 9.35. The first-order valence-electron chi connectivity index (χ1n) is 34.0. The third-order valence-corrected chi connectivity index (χ3v) is 15.2. The van der Waals surface area contributed by atoms with Crippen LogP contribution in [-0.4, -0.2) is 265 Å². The molecule has 7 rings (SSSR count). The number of carbonyl (C=O) groups excluding carboxylic acids is 11. The predicted molar refractivity (Wildman–Crippen MR) is 362 cm³/mol. The molecule has 2 fully saturated rings. The maximum atomic E-state index is 13.1. The van der Waals surface area contributed by atoms with Gasteiger partial charge < -0.3 is 78.3 Å². The molecule has 34 nitrogen and oxygen atoms in total. The summed E-state index contributed by atoms with van der Waals surface area (Å²) in [4.78, 5) is 133. The van der Waals surface area contributed by atoms with Crippen LogP contribution in [0.25, 0.3) is 0 Å². The summed E-state index contributed by atoms with van der Waals surface area (Å²) in [6, 6.07) is 13.3. The van der Waals surface area contributed by atoms with Crippen LogP contribution in [0.3, 0.4) is 0 Å². The number of aromatic hydroxyl groups is 1. The molecular formula is C69H97FK2N4O30S. The van der Waals surface area contributed by atoms with Gasteiger partial charge in [-0.2, -0.15) is 8.42 Å². The summed E-state index contributed by atoms with van der Waals surface area (Å²) in [5.41, 5.74) is 0.219. The fourth-order valence-corrected chi connectivity index (χ4v) is 10.2. The Morgan fingerprint density at radius 3 is 1.21 bits per heavy atom. The number of nitrogens with one attached hydrogen (secondary N) is 2. The molecule has 2 unspecified atom stereocenters. The first kappa shape index (κ1) is 98.0. The van der Waals surface area contributed by atoms with E-state index in [-0.39, 0.29) is 233 Å². The van der Waals surface area contributed by atoms with Gasteiger partial charge in [0.05, 0.1) is 187 Å². The number of fused-ring (bicyclic) bond motifs is 2. The molecule has 2 atom stereocenters. The average molecular weight is 1590 g/mol. The molecule has 0 radical (unpaired) electrons. The molecule has 0 bridgehead atoms. The van der Waals surface area contributed by atoms with Crippen LogP contribution < -0.4 is 123 Å². The van der Waals surface area contributed by atoms with Gasteiger partial charge in [0.1, 0.15) is 41.4 Å². The largest absolute Gasteiger partial charge is 1.00 e. The van der Waals surface area contributed by atoms with E-state index >= 15 is 0 Å². The van der Waals surface area contributed by atoms with Gasteiger partial charge >= 0.3 is 115 Å². The van der Waals surface area contributed by atoms with Crippen LogP contribution in [0.2, 0.25) is 0 Å². The van der Waals surface area contributed by atoms with E-state index in [4.69, 9.17) is 77.2 Å². The second-order valence-electron chi connectivity index (χ2n) is 24.2. The molecular weight excluding hydrogens is 1490 g/mol. The summed E-state index contributed by atoms with van der Waals surface area (Å²) < 4.78 is 115. The molecule has 38 heteroatoms. The van der Waals surface area contributed by atoms with Crippen LogP contribution >= 0.6 is 0 Å². The van der Waals surface area contributed by atoms with Gasteiger partial charge in [-0.15, -0.1) is 0 Å². The summed E-state index contributed by atoms with van der Waals surface area (Å²) >= 11 is 0. The fraction of sp³-hybridized carbons (Fsp3) is 0.580. The Kier molecular flexibility index (Phi) is 50.7. The van der Waals surface area contributed by atoms with Gasteiger partial charge in [-0.05, 0) is 97.7 Å². The van der Waals surface area contributed by atoms with Crippen molar-refractivity contribution in [2.45, 2.75) is 115 Å². The second-order valence-corrected chi connectivity index (χ2v) is 25.8. The number of hydrogen-bond donors (Lipinski definition) is 3. The number of ether oxygens (including phenoxy) is 13. The number of rotatable bonds is 42. The molecule has 588 valence electrons. The van der Waals surface area contributed by atoms with Gasteiger partial charge in [0.15, 0.2) is 0 Å². The van der Waals surface area contributed by atoms with Gasteiger partial charge in [-0.25, -0.2) is 0 Å². The van der Waals surface area contributed by atoms with Gasteiger partial charge in [0.2, 0.25) is 23.6 Å². The maximum Gasteiger partial charge on any atom is 1.00 e. The molecule has 0 saturated carbocycles. The van der Waals surface area contributed by atoms with E-state index in [1.807, 2.05) is 48.5 Å². The van der Waals surface area contributed by atoms with Crippen molar-refractivity contribution in [3.8, 4) is 11.5 Å². The van der Waals surface area contributed by atoms with Crippen LogP contribution in [0.5, 0.6) is 11.5 Å². The van der Waals surface area contributed by atoms with E-state index < -0.39 is 87.8 Å². The summed E-state index contributed by atoms with van der Waals surface area (Å²) in [5.74, 6) is -5.39. The van der Waals surface area contributed by atoms with E-state index in [0.29, 0.717) is 112 Å². The van der Waals surface area contributed by atoms with E-state index in [2.05, 4.69) is 15.5 Å². The number of alkyl halides is 1. The molecule has 0 aromatic heterocycles. The topological polar surface area (TPSA) is 434 Å². The van der Waals surface area contributed by atoms with Crippen molar-refractivity contribution in [2.24, 2.45) is 0 Å². The molecule has 4 heterocycles. The zero-order valence-electron chi connectivity index (χ0n) is 64.0. The Bertz CT molecular complexity index is 3410. The minimum absolute atomic E-state index is 0. The molecule has 4 aliphatic heterocycles. The minimum Gasteiger partial charge on any atom is -1.00 e. The number of esters is 2. The number of aryl methyl sites for hydroxylation is 1. The van der Waals surface area contributed by atoms with Gasteiger partial charge in [0, 0.05) is 12.8 Å². The molecule has 107 heavy (non-hydrogen) atoms. The van der Waals surface area contributed by atoms with E-state index in [1.54, 1.807) is 24.3 Å². The Morgan fingerprint density at radius 2 is 0.869 bits per heavy atom. The van der Waals surface area contributed by atoms with Crippen LogP contribution in [0.4, 0.5) is 4.39 Å². The third-order valence-electron chi connectivity index (χ3n) is 13.9. The summed E-state index contributed by atoms with van der Waals surface area (Å²) in [5, 5.41) is 22.4. The molecule has 0 spiro atoms. The number of benzene rings is 3. The monoisotopic (exact) mass is 1590 g/mol. The van der Waals surface area contributed by atoms with Crippen LogP contribution in [0, 0.1) is 6.92 Å². The van der Waals surface area contributed by atoms with Gasteiger partial charge in [-0.1, -0.05) is 29.8 Å². The van der Waals surface area contributed by atoms with Crippen LogP contribution in [0.15, 0.2) is 65.6 Å². The maximum absolute atomic E-state index is 13.1.